The van der Waals surface area contributed by atoms with Gasteiger partial charge in [-0.25, -0.2) is 0 Å². The number of hydrogen-bond donors (Lipinski definition) is 1. The third-order valence-corrected chi connectivity index (χ3v) is 4.87. The normalized spacial score (nSPS) is 15.4. The Labute approximate surface area is 145 Å². The Kier molecular flexibility index (Phi) is 7.37. The van der Waals surface area contributed by atoms with Crippen LogP contribution in [0, 0.1) is 5.92 Å². The van der Waals surface area contributed by atoms with E-state index in [0.29, 0.717) is 12.8 Å². The summed E-state index contributed by atoms with van der Waals surface area (Å²) in [7, 11) is 5.30. The lowest BCUT2D eigenvalue weighted by atomic mass is 9.93. The summed E-state index contributed by atoms with van der Waals surface area (Å²) in [6.45, 7) is 2.85. The van der Waals surface area contributed by atoms with Gasteiger partial charge in [0.2, 0.25) is 5.91 Å². The first-order valence-corrected chi connectivity index (χ1v) is 8.81. The molecule has 24 heavy (non-hydrogen) atoms. The Bertz CT molecular complexity index is 525. The number of likely N-dealkylation sites (tertiary alicyclic amines) is 1. The monoisotopic (exact) mass is 334 g/mol. The number of nitrogens with one attached hydrogen (secondary N) is 1. The number of ether oxygens (including phenoxy) is 2. The largest absolute Gasteiger partial charge is 0.497 e. The molecule has 0 atom stereocenters. The van der Waals surface area contributed by atoms with Crippen molar-refractivity contribution in [1.29, 1.82) is 0 Å². The molecule has 1 amide bonds. The summed E-state index contributed by atoms with van der Waals surface area (Å²) in [5.74, 6) is 2.60. The van der Waals surface area contributed by atoms with Crippen LogP contribution < -0.4 is 14.8 Å². The number of piperidine rings is 1. The maximum absolute atomic E-state index is 12.5. The zero-order valence-electron chi connectivity index (χ0n) is 15.1. The van der Waals surface area contributed by atoms with Crippen molar-refractivity contribution >= 4 is 5.91 Å². The maximum Gasteiger partial charge on any atom is 0.222 e. The Balaban J connectivity index is 1.83. The number of aryl methyl sites for hydroxylation is 1. The van der Waals surface area contributed by atoms with E-state index in [1.807, 2.05) is 30.1 Å². The lowest BCUT2D eigenvalue weighted by molar-refractivity contribution is -0.132. The molecule has 1 aliphatic heterocycles. The first-order valence-electron chi connectivity index (χ1n) is 8.81. The Hall–Kier alpha value is -1.75. The third-order valence-electron chi connectivity index (χ3n) is 4.87. The van der Waals surface area contributed by atoms with Gasteiger partial charge in [-0.2, -0.15) is 0 Å². The highest BCUT2D eigenvalue weighted by Crippen LogP contribution is 2.26. The number of nitrogens with zero attached hydrogens (tertiary/aromatic N) is 1. The van der Waals surface area contributed by atoms with Crippen molar-refractivity contribution in [3.8, 4) is 11.5 Å². The third kappa shape index (κ3) is 5.13. The van der Waals surface area contributed by atoms with E-state index in [9.17, 15) is 4.79 Å². The van der Waals surface area contributed by atoms with Crippen LogP contribution in [0.25, 0.3) is 0 Å². The molecule has 1 heterocycles. The highest BCUT2D eigenvalue weighted by Gasteiger charge is 2.22. The Morgan fingerprint density at radius 2 is 2.00 bits per heavy atom. The summed E-state index contributed by atoms with van der Waals surface area (Å²) in [6.07, 6.45) is 4.65. The van der Waals surface area contributed by atoms with Crippen molar-refractivity contribution < 1.29 is 14.3 Å². The highest BCUT2D eigenvalue weighted by molar-refractivity contribution is 5.76. The highest BCUT2D eigenvalue weighted by atomic mass is 16.5. The topological polar surface area (TPSA) is 50.8 Å². The van der Waals surface area contributed by atoms with E-state index in [-0.39, 0.29) is 5.91 Å². The van der Waals surface area contributed by atoms with Crippen molar-refractivity contribution in [2.24, 2.45) is 5.92 Å². The maximum atomic E-state index is 12.5. The second-order valence-corrected chi connectivity index (χ2v) is 6.39. The molecule has 1 saturated heterocycles. The van der Waals surface area contributed by atoms with E-state index in [1.54, 1.807) is 14.2 Å². The van der Waals surface area contributed by atoms with Crippen LogP contribution in [0.1, 0.15) is 31.2 Å². The minimum atomic E-state index is 0.243. The SMILES string of the molecule is CNCCC1CCN(C(=O)CCc2cc(OC)ccc2OC)CC1. The predicted octanol–water partition coefficient (Wildman–Crippen LogP) is 2.48. The summed E-state index contributed by atoms with van der Waals surface area (Å²) in [5.41, 5.74) is 1.02. The molecule has 0 radical (unpaired) electrons. The quantitative estimate of drug-likeness (QED) is 0.793. The molecule has 2 rings (SSSR count). The van der Waals surface area contributed by atoms with Crippen LogP contribution in [-0.2, 0) is 11.2 Å². The summed E-state index contributed by atoms with van der Waals surface area (Å²) in [4.78, 5) is 14.5. The van der Waals surface area contributed by atoms with Gasteiger partial charge in [0.15, 0.2) is 0 Å². The Morgan fingerprint density at radius 3 is 2.62 bits per heavy atom. The van der Waals surface area contributed by atoms with Crippen molar-refractivity contribution in [2.45, 2.75) is 32.1 Å². The zero-order valence-corrected chi connectivity index (χ0v) is 15.1. The van der Waals surface area contributed by atoms with Crippen molar-refractivity contribution in [3.05, 3.63) is 23.8 Å². The minimum absolute atomic E-state index is 0.243. The van der Waals surface area contributed by atoms with Crippen LogP contribution in [0.5, 0.6) is 11.5 Å². The molecule has 0 saturated carbocycles. The fourth-order valence-electron chi connectivity index (χ4n) is 3.30. The summed E-state index contributed by atoms with van der Waals surface area (Å²) < 4.78 is 10.7. The molecular weight excluding hydrogens is 304 g/mol. The van der Waals surface area contributed by atoms with Gasteiger partial charge in [-0.05, 0) is 69.0 Å². The molecule has 134 valence electrons. The molecule has 5 heteroatoms. The molecule has 1 aromatic carbocycles. The molecule has 1 N–H and O–H groups in total. The number of benzene rings is 1. The number of carbonyl (C=O) groups is 1. The second-order valence-electron chi connectivity index (χ2n) is 6.39. The van der Waals surface area contributed by atoms with Gasteiger partial charge in [-0.1, -0.05) is 0 Å². The van der Waals surface area contributed by atoms with E-state index in [1.165, 1.54) is 6.42 Å². The van der Waals surface area contributed by atoms with Gasteiger partial charge < -0.3 is 19.7 Å². The summed E-state index contributed by atoms with van der Waals surface area (Å²) in [6, 6.07) is 5.72. The standard InChI is InChI=1S/C19H30N2O3/c1-20-11-8-15-9-12-21(13-10-15)19(22)7-4-16-14-17(23-2)5-6-18(16)24-3/h5-6,14-15,20H,4,7-13H2,1-3H3. The number of hydrogen-bond acceptors (Lipinski definition) is 4. The molecule has 0 aromatic heterocycles. The van der Waals surface area contributed by atoms with Crippen LogP contribution in [0.3, 0.4) is 0 Å². The summed E-state index contributed by atoms with van der Waals surface area (Å²) in [5, 5.41) is 3.20. The van der Waals surface area contributed by atoms with Gasteiger partial charge in [0, 0.05) is 19.5 Å². The average molecular weight is 334 g/mol. The van der Waals surface area contributed by atoms with E-state index in [0.717, 1.165) is 55.5 Å². The van der Waals surface area contributed by atoms with Crippen LogP contribution in [0.15, 0.2) is 18.2 Å². The lowest BCUT2D eigenvalue weighted by Crippen LogP contribution is -2.39. The van der Waals surface area contributed by atoms with Gasteiger partial charge >= 0.3 is 0 Å². The second kappa shape index (κ2) is 9.52. The molecule has 1 aliphatic rings. The van der Waals surface area contributed by atoms with E-state index in [4.69, 9.17) is 9.47 Å². The van der Waals surface area contributed by atoms with Crippen LogP contribution in [0.2, 0.25) is 0 Å². The lowest BCUT2D eigenvalue weighted by Gasteiger charge is -2.32. The molecule has 0 bridgehead atoms. The van der Waals surface area contributed by atoms with Crippen LogP contribution in [0.4, 0.5) is 0 Å². The van der Waals surface area contributed by atoms with Gasteiger partial charge in [-0.15, -0.1) is 0 Å². The smallest absolute Gasteiger partial charge is 0.222 e. The number of rotatable bonds is 8. The molecule has 1 fully saturated rings. The average Bonchev–Trinajstić information content (AvgIpc) is 2.64. The number of methoxy groups -OCH3 is 2. The van der Waals surface area contributed by atoms with Crippen LogP contribution in [-0.4, -0.2) is 51.7 Å². The first kappa shape index (κ1) is 18.6. The minimum Gasteiger partial charge on any atom is -0.497 e. The van der Waals surface area contributed by atoms with Gasteiger partial charge in [-0.3, -0.25) is 4.79 Å². The molecule has 0 unspecified atom stereocenters. The van der Waals surface area contributed by atoms with E-state index >= 15 is 0 Å². The van der Waals surface area contributed by atoms with E-state index in [2.05, 4.69) is 5.32 Å². The van der Waals surface area contributed by atoms with Gasteiger partial charge in [0.05, 0.1) is 14.2 Å². The van der Waals surface area contributed by atoms with E-state index < -0.39 is 0 Å². The predicted molar refractivity (Wildman–Crippen MR) is 95.7 cm³/mol. The van der Waals surface area contributed by atoms with Crippen molar-refractivity contribution in [1.82, 2.24) is 10.2 Å². The molecule has 1 aromatic rings. The molecule has 0 aliphatic carbocycles. The fourth-order valence-corrected chi connectivity index (χ4v) is 3.30. The van der Waals surface area contributed by atoms with Crippen molar-refractivity contribution in [3.63, 3.8) is 0 Å². The van der Waals surface area contributed by atoms with Crippen molar-refractivity contribution in [2.75, 3.05) is 40.9 Å². The van der Waals surface area contributed by atoms with Gasteiger partial charge in [0.25, 0.3) is 0 Å². The number of amides is 1. The molecule has 5 nitrogen and oxygen atoms in total. The first-order chi connectivity index (χ1) is 11.7. The molecular formula is C19H30N2O3. The fraction of sp³-hybridized carbons (Fsp3) is 0.632. The molecule has 0 spiro atoms. The number of carbonyl (C=O) groups excluding carboxylic acids is 1. The zero-order chi connectivity index (χ0) is 17.4. The summed E-state index contributed by atoms with van der Waals surface area (Å²) >= 11 is 0. The Morgan fingerprint density at radius 1 is 1.25 bits per heavy atom. The van der Waals surface area contributed by atoms with Crippen LogP contribution >= 0.6 is 0 Å². The van der Waals surface area contributed by atoms with Gasteiger partial charge in [0.1, 0.15) is 11.5 Å².